The number of rotatable bonds is 42. The largest absolute Gasteiger partial charge is 0.444 e. The number of hydrogen-bond donors (Lipinski definition) is 8. The summed E-state index contributed by atoms with van der Waals surface area (Å²) in [4.78, 5) is 82.1. The molecule has 0 spiro atoms. The molecule has 0 bridgehead atoms. The van der Waals surface area contributed by atoms with E-state index in [0.717, 1.165) is 70.6 Å². The predicted octanol–water partition coefficient (Wildman–Crippen LogP) is 10.9. The highest BCUT2D eigenvalue weighted by atomic mass is 16.6. The number of nitrogens with one attached hydrogen (secondary N) is 4. The molecule has 0 aromatic carbocycles. The van der Waals surface area contributed by atoms with Crippen molar-refractivity contribution in [1.82, 2.24) is 31.1 Å². The first-order valence-corrected chi connectivity index (χ1v) is 31.0. The Hall–Kier alpha value is -4.14. The molecule has 6 amide bonds. The molecule has 0 aliphatic rings. The molecule has 476 valence electrons. The van der Waals surface area contributed by atoms with Crippen LogP contribution in [0.15, 0.2) is 0 Å². The molecule has 0 saturated heterocycles. The van der Waals surface area contributed by atoms with E-state index in [9.17, 15) is 49.2 Å². The molecule has 20 heteroatoms. The Kier molecular flexibility index (Phi) is 39.7. The van der Waals surface area contributed by atoms with E-state index < -0.39 is 89.2 Å². The standard InChI is InChI=1S/C61H118N6O14/c1-15-16-44-67(57(77)81-61(12,13)14)52(65-55(75)79-59(6,7)8)47(45-66(56(76)80-60(9,10)11)43-37-36-42-64-54(74)78-58(3,4)5)38-32-29-31-34-40-62-48(69)39-33-28-26-24-22-20-18-17-19-21-23-25-27-30-35-41-63-53(73)51(72)50(71)49(70)46(2)68/h46-47,49-52,68,70-72H,15-45H2,1-14H3,(H,62,69)(H,63,73)(H,64,74)(H,65,75)/t46-,47?,49-,50+,51-,52?/m1/s1. The van der Waals surface area contributed by atoms with Gasteiger partial charge in [-0.2, -0.15) is 0 Å². The van der Waals surface area contributed by atoms with Crippen molar-refractivity contribution in [3.05, 3.63) is 0 Å². The van der Waals surface area contributed by atoms with Gasteiger partial charge in [-0.05, 0) is 135 Å². The van der Waals surface area contributed by atoms with E-state index in [4.69, 9.17) is 18.9 Å². The molecule has 0 radical (unpaired) electrons. The SMILES string of the molecule is CCCCN(C(=O)OC(C)(C)C)C(NC(=O)OC(C)(C)C)C(CCCCCCNC(=O)CCCCCCCCCCCCCCCCCNC(=O)[C@H](O)[C@@H](O)[C@H](O)[C@@H](C)O)CN(CCCCNC(=O)OC(C)(C)C)C(=O)OC(C)(C)C. The van der Waals surface area contributed by atoms with Crippen LogP contribution in [-0.4, -0.2) is 159 Å². The molecule has 6 atom stereocenters. The topological polar surface area (TPSA) is 275 Å². The van der Waals surface area contributed by atoms with Crippen molar-refractivity contribution in [3.63, 3.8) is 0 Å². The number of carbonyl (C=O) groups is 6. The van der Waals surface area contributed by atoms with Gasteiger partial charge in [-0.25, -0.2) is 19.2 Å². The van der Waals surface area contributed by atoms with Gasteiger partial charge in [0.05, 0.1) is 6.10 Å². The lowest BCUT2D eigenvalue weighted by molar-refractivity contribution is -0.145. The highest BCUT2D eigenvalue weighted by molar-refractivity contribution is 5.81. The van der Waals surface area contributed by atoms with Crippen LogP contribution in [0.4, 0.5) is 19.2 Å². The molecule has 20 nitrogen and oxygen atoms in total. The van der Waals surface area contributed by atoms with Gasteiger partial charge in [-0.1, -0.05) is 116 Å². The summed E-state index contributed by atoms with van der Waals surface area (Å²) in [6.07, 6.45) is 13.7. The summed E-state index contributed by atoms with van der Waals surface area (Å²) in [6.45, 7) is 26.8. The molecule has 0 aliphatic heterocycles. The summed E-state index contributed by atoms with van der Waals surface area (Å²) >= 11 is 0. The molecule has 81 heavy (non-hydrogen) atoms. The van der Waals surface area contributed by atoms with Crippen LogP contribution < -0.4 is 21.3 Å². The summed E-state index contributed by atoms with van der Waals surface area (Å²) in [5, 5.41) is 50.2. The van der Waals surface area contributed by atoms with Gasteiger partial charge in [0.15, 0.2) is 6.10 Å². The Morgan fingerprint density at radius 1 is 0.457 bits per heavy atom. The Bertz CT molecular complexity index is 1730. The zero-order valence-electron chi connectivity index (χ0n) is 53.2. The van der Waals surface area contributed by atoms with Crippen molar-refractivity contribution in [2.45, 2.75) is 310 Å². The molecule has 0 aliphatic carbocycles. The molecule has 0 heterocycles. The second-order valence-corrected chi connectivity index (χ2v) is 26.0. The van der Waals surface area contributed by atoms with Crippen LogP contribution in [0.5, 0.6) is 0 Å². The van der Waals surface area contributed by atoms with E-state index >= 15 is 0 Å². The van der Waals surface area contributed by atoms with Gasteiger partial charge in [0.1, 0.15) is 40.8 Å². The Labute approximate surface area is 489 Å². The van der Waals surface area contributed by atoms with Gasteiger partial charge in [0.25, 0.3) is 5.91 Å². The lowest BCUT2D eigenvalue weighted by Crippen LogP contribution is -2.58. The molecule has 0 rings (SSSR count). The lowest BCUT2D eigenvalue weighted by atomic mass is 9.95. The molecule has 0 aromatic heterocycles. The first-order valence-electron chi connectivity index (χ1n) is 31.0. The zero-order chi connectivity index (χ0) is 61.7. The number of aliphatic hydroxyl groups excluding tert-OH is 4. The molecule has 8 N–H and O–H groups in total. The van der Waals surface area contributed by atoms with E-state index in [1.165, 1.54) is 58.3 Å². The molecule has 2 unspecified atom stereocenters. The van der Waals surface area contributed by atoms with Crippen LogP contribution in [-0.2, 0) is 28.5 Å². The number of unbranched alkanes of at least 4 members (excludes halogenated alkanes) is 19. The third-order valence-electron chi connectivity index (χ3n) is 13.1. The summed E-state index contributed by atoms with van der Waals surface area (Å²) < 4.78 is 23.0. The molecule has 0 fully saturated rings. The first-order chi connectivity index (χ1) is 37.8. The minimum atomic E-state index is -1.79. The maximum Gasteiger partial charge on any atom is 0.411 e. The fourth-order valence-electron chi connectivity index (χ4n) is 8.87. The molecular formula is C61H118N6O14. The van der Waals surface area contributed by atoms with Crippen molar-refractivity contribution >= 4 is 36.2 Å². The minimum Gasteiger partial charge on any atom is -0.444 e. The second kappa shape index (κ2) is 41.8. The first kappa shape index (κ1) is 76.9. The number of carbonyl (C=O) groups excluding carboxylic acids is 6. The Morgan fingerprint density at radius 3 is 1.36 bits per heavy atom. The monoisotopic (exact) mass is 1160 g/mol. The van der Waals surface area contributed by atoms with E-state index in [0.29, 0.717) is 58.2 Å². The lowest BCUT2D eigenvalue weighted by Gasteiger charge is -2.40. The van der Waals surface area contributed by atoms with Crippen LogP contribution in [0, 0.1) is 5.92 Å². The maximum atomic E-state index is 14.1. The molecule has 0 aromatic rings. The number of hydrogen-bond acceptors (Lipinski definition) is 14. The highest BCUT2D eigenvalue weighted by Crippen LogP contribution is 2.25. The number of ether oxygens (including phenoxy) is 4. The van der Waals surface area contributed by atoms with Crippen molar-refractivity contribution < 1.29 is 68.1 Å². The second-order valence-electron chi connectivity index (χ2n) is 26.0. The molecule has 0 saturated carbocycles. The van der Waals surface area contributed by atoms with E-state index in [1.807, 2.05) is 6.92 Å². The van der Waals surface area contributed by atoms with Crippen LogP contribution >= 0.6 is 0 Å². The van der Waals surface area contributed by atoms with Gasteiger partial charge >= 0.3 is 24.4 Å². The van der Waals surface area contributed by atoms with Gasteiger partial charge < -0.3 is 65.5 Å². The van der Waals surface area contributed by atoms with Crippen LogP contribution in [0.25, 0.3) is 0 Å². The number of amides is 6. The average Bonchev–Trinajstić information content (AvgIpc) is 3.41. The highest BCUT2D eigenvalue weighted by Gasteiger charge is 2.38. The summed E-state index contributed by atoms with van der Waals surface area (Å²) in [5.41, 5.74) is -3.08. The number of aliphatic hydroxyl groups is 4. The molecular weight excluding hydrogens is 1040 g/mol. The summed E-state index contributed by atoms with van der Waals surface area (Å²) in [7, 11) is 0. The predicted molar refractivity (Wildman–Crippen MR) is 318 cm³/mol. The van der Waals surface area contributed by atoms with Crippen LogP contribution in [0.3, 0.4) is 0 Å². The van der Waals surface area contributed by atoms with Gasteiger partial charge in [0.2, 0.25) is 5.91 Å². The third-order valence-corrected chi connectivity index (χ3v) is 13.1. The van der Waals surface area contributed by atoms with Crippen molar-refractivity contribution in [2.75, 3.05) is 39.3 Å². The maximum absolute atomic E-state index is 14.1. The third kappa shape index (κ3) is 42.3. The fraction of sp³-hybridized carbons (Fsp3) is 0.902. The number of alkyl carbamates (subject to hydrolysis) is 2. The van der Waals surface area contributed by atoms with Crippen molar-refractivity contribution in [3.8, 4) is 0 Å². The van der Waals surface area contributed by atoms with Crippen molar-refractivity contribution in [1.29, 1.82) is 0 Å². The van der Waals surface area contributed by atoms with Crippen LogP contribution in [0.2, 0.25) is 0 Å². The normalized spacial score (nSPS) is 14.3. The zero-order valence-corrected chi connectivity index (χ0v) is 53.2. The number of nitrogens with zero attached hydrogens (tertiary/aromatic N) is 2. The quantitative estimate of drug-likeness (QED) is 0.0160. The fourth-order valence-corrected chi connectivity index (χ4v) is 8.87. The van der Waals surface area contributed by atoms with Gasteiger partial charge in [-0.15, -0.1) is 0 Å². The minimum absolute atomic E-state index is 0.0669. The van der Waals surface area contributed by atoms with Gasteiger partial charge in [0, 0.05) is 51.6 Å². The summed E-state index contributed by atoms with van der Waals surface area (Å²) in [5.74, 6) is -1.17. The van der Waals surface area contributed by atoms with E-state index in [-0.39, 0.29) is 25.5 Å². The van der Waals surface area contributed by atoms with Crippen LogP contribution in [0.1, 0.15) is 257 Å². The smallest absolute Gasteiger partial charge is 0.411 e. The average molecular weight is 1160 g/mol. The van der Waals surface area contributed by atoms with Crippen molar-refractivity contribution in [2.24, 2.45) is 5.92 Å². The van der Waals surface area contributed by atoms with Gasteiger partial charge in [-0.3, -0.25) is 14.5 Å². The Morgan fingerprint density at radius 2 is 0.877 bits per heavy atom. The van der Waals surface area contributed by atoms with E-state index in [2.05, 4.69) is 21.3 Å². The summed E-state index contributed by atoms with van der Waals surface area (Å²) in [6, 6.07) is 0. The Balaban J connectivity index is 5.24. The van der Waals surface area contributed by atoms with E-state index in [1.54, 1.807) is 92.9 Å².